The molecule has 0 saturated heterocycles. The van der Waals surface area contributed by atoms with Gasteiger partial charge in [-0.15, -0.1) is 0 Å². The number of methoxy groups -OCH3 is 1. The van der Waals surface area contributed by atoms with Crippen LogP contribution in [0.15, 0.2) is 43.0 Å². The summed E-state index contributed by atoms with van der Waals surface area (Å²) >= 11 is 0. The first-order valence-corrected chi connectivity index (χ1v) is 6.14. The maximum Gasteiger partial charge on any atom is 0.118 e. The molecule has 0 aliphatic heterocycles. The summed E-state index contributed by atoms with van der Waals surface area (Å²) < 4.78 is 6.99. The molecule has 0 bridgehead atoms. The summed E-state index contributed by atoms with van der Waals surface area (Å²) in [7, 11) is 1.66. The zero-order valence-electron chi connectivity index (χ0n) is 11.6. The zero-order valence-corrected chi connectivity index (χ0v) is 11.6. The van der Waals surface area contributed by atoms with Gasteiger partial charge in [-0.2, -0.15) is 5.10 Å². The molecule has 1 aromatic carbocycles. The third-order valence-electron chi connectivity index (χ3n) is 2.92. The number of nitrogens with zero attached hydrogens (tertiary/aromatic N) is 2. The fourth-order valence-corrected chi connectivity index (χ4v) is 1.86. The molecule has 0 radical (unpaired) electrons. The Bertz CT molecular complexity index is 606. The van der Waals surface area contributed by atoms with Crippen molar-refractivity contribution in [3.63, 3.8) is 0 Å². The summed E-state index contributed by atoms with van der Waals surface area (Å²) in [6.45, 7) is 8.07. The molecule has 2 aromatic rings. The SMILES string of the molecule is C=C(/C=C/n1nc(C)cc1C)c1ccc(OC)cc1. The van der Waals surface area contributed by atoms with Crippen LogP contribution in [0.2, 0.25) is 0 Å². The van der Waals surface area contributed by atoms with Crippen LogP contribution in [0.3, 0.4) is 0 Å². The van der Waals surface area contributed by atoms with Crippen LogP contribution in [0, 0.1) is 13.8 Å². The van der Waals surface area contributed by atoms with E-state index in [0.29, 0.717) is 0 Å². The number of ether oxygens (including phenoxy) is 1. The highest BCUT2D eigenvalue weighted by atomic mass is 16.5. The van der Waals surface area contributed by atoms with Gasteiger partial charge in [0, 0.05) is 11.9 Å². The van der Waals surface area contributed by atoms with Crippen LogP contribution in [0.5, 0.6) is 5.75 Å². The Morgan fingerprint density at radius 2 is 1.95 bits per heavy atom. The number of hydrogen-bond donors (Lipinski definition) is 0. The average molecular weight is 254 g/mol. The molecule has 0 unspecified atom stereocenters. The van der Waals surface area contributed by atoms with E-state index in [1.807, 2.05) is 61.1 Å². The van der Waals surface area contributed by atoms with Gasteiger partial charge in [-0.25, -0.2) is 4.68 Å². The molecule has 3 nitrogen and oxygen atoms in total. The highest BCUT2D eigenvalue weighted by Crippen LogP contribution is 2.18. The first kappa shape index (κ1) is 13.1. The fraction of sp³-hybridized carbons (Fsp3) is 0.188. The van der Waals surface area contributed by atoms with E-state index in [4.69, 9.17) is 4.74 Å². The number of allylic oxidation sites excluding steroid dienone is 2. The van der Waals surface area contributed by atoms with Crippen molar-refractivity contribution in [3.05, 3.63) is 59.9 Å². The Balaban J connectivity index is 2.14. The second-order valence-electron chi connectivity index (χ2n) is 4.44. The van der Waals surface area contributed by atoms with E-state index in [2.05, 4.69) is 11.7 Å². The monoisotopic (exact) mass is 254 g/mol. The van der Waals surface area contributed by atoms with Gasteiger partial charge in [-0.3, -0.25) is 0 Å². The van der Waals surface area contributed by atoms with Crippen LogP contribution in [0.25, 0.3) is 11.8 Å². The molecule has 0 saturated carbocycles. The van der Waals surface area contributed by atoms with Gasteiger partial charge in [0.1, 0.15) is 5.75 Å². The van der Waals surface area contributed by atoms with E-state index in [1.54, 1.807) is 7.11 Å². The van der Waals surface area contributed by atoms with E-state index in [0.717, 1.165) is 28.3 Å². The van der Waals surface area contributed by atoms with E-state index in [1.165, 1.54) is 0 Å². The molecule has 0 atom stereocenters. The maximum atomic E-state index is 5.13. The number of benzene rings is 1. The lowest BCUT2D eigenvalue weighted by atomic mass is 10.1. The molecule has 19 heavy (non-hydrogen) atoms. The van der Waals surface area contributed by atoms with Crippen LogP contribution in [-0.4, -0.2) is 16.9 Å². The molecular weight excluding hydrogens is 236 g/mol. The molecule has 2 rings (SSSR count). The minimum Gasteiger partial charge on any atom is -0.497 e. The van der Waals surface area contributed by atoms with Crippen LogP contribution >= 0.6 is 0 Å². The molecule has 0 aliphatic rings. The van der Waals surface area contributed by atoms with Crippen molar-refractivity contribution in [2.24, 2.45) is 0 Å². The van der Waals surface area contributed by atoms with Gasteiger partial charge in [0.05, 0.1) is 12.8 Å². The number of aromatic nitrogens is 2. The standard InChI is InChI=1S/C16H18N2O/c1-12(15-5-7-16(19-4)8-6-15)9-10-18-14(3)11-13(2)17-18/h5-11H,1H2,2-4H3/b10-9+. The van der Waals surface area contributed by atoms with Crippen molar-refractivity contribution in [2.45, 2.75) is 13.8 Å². The molecular formula is C16H18N2O. The molecule has 3 heteroatoms. The van der Waals surface area contributed by atoms with Gasteiger partial charge < -0.3 is 4.74 Å². The summed E-state index contributed by atoms with van der Waals surface area (Å²) in [6.07, 6.45) is 3.89. The number of hydrogen-bond acceptors (Lipinski definition) is 2. The second-order valence-corrected chi connectivity index (χ2v) is 4.44. The van der Waals surface area contributed by atoms with Gasteiger partial charge in [0.25, 0.3) is 0 Å². The summed E-state index contributed by atoms with van der Waals surface area (Å²) in [5.41, 5.74) is 4.13. The van der Waals surface area contributed by atoms with Gasteiger partial charge in [-0.05, 0) is 49.3 Å². The van der Waals surface area contributed by atoms with Crippen LogP contribution in [-0.2, 0) is 0 Å². The third kappa shape index (κ3) is 3.13. The molecule has 0 N–H and O–H groups in total. The number of rotatable bonds is 4. The van der Waals surface area contributed by atoms with Gasteiger partial charge in [0.2, 0.25) is 0 Å². The zero-order chi connectivity index (χ0) is 13.8. The first-order chi connectivity index (χ1) is 9.10. The predicted molar refractivity (Wildman–Crippen MR) is 79.1 cm³/mol. The summed E-state index contributed by atoms with van der Waals surface area (Å²) in [6, 6.07) is 9.88. The summed E-state index contributed by atoms with van der Waals surface area (Å²) in [4.78, 5) is 0. The van der Waals surface area contributed by atoms with Crippen LogP contribution in [0.4, 0.5) is 0 Å². The molecule has 0 amide bonds. The molecule has 98 valence electrons. The Labute approximate surface area is 113 Å². The van der Waals surface area contributed by atoms with Crippen LogP contribution < -0.4 is 4.74 Å². The summed E-state index contributed by atoms with van der Waals surface area (Å²) in [5, 5.41) is 4.37. The molecule has 0 spiro atoms. The lowest BCUT2D eigenvalue weighted by molar-refractivity contribution is 0.415. The molecule has 0 aliphatic carbocycles. The largest absolute Gasteiger partial charge is 0.497 e. The molecule has 1 aromatic heterocycles. The maximum absolute atomic E-state index is 5.13. The van der Waals surface area contributed by atoms with Crippen molar-refractivity contribution in [3.8, 4) is 5.75 Å². The lowest BCUT2D eigenvalue weighted by Gasteiger charge is -2.03. The van der Waals surface area contributed by atoms with Crippen molar-refractivity contribution in [1.29, 1.82) is 0 Å². The third-order valence-corrected chi connectivity index (χ3v) is 2.92. The normalized spacial score (nSPS) is 10.9. The van der Waals surface area contributed by atoms with Crippen molar-refractivity contribution in [2.75, 3.05) is 7.11 Å². The van der Waals surface area contributed by atoms with E-state index >= 15 is 0 Å². The quantitative estimate of drug-likeness (QED) is 0.778. The minimum atomic E-state index is 0.846. The van der Waals surface area contributed by atoms with Gasteiger partial charge >= 0.3 is 0 Å². The van der Waals surface area contributed by atoms with E-state index < -0.39 is 0 Å². The average Bonchev–Trinajstić information content (AvgIpc) is 2.74. The molecule has 0 fully saturated rings. The minimum absolute atomic E-state index is 0.846. The fourth-order valence-electron chi connectivity index (χ4n) is 1.86. The topological polar surface area (TPSA) is 27.1 Å². The summed E-state index contributed by atoms with van der Waals surface area (Å²) in [5.74, 6) is 0.846. The van der Waals surface area contributed by atoms with Gasteiger partial charge in [-0.1, -0.05) is 18.7 Å². The smallest absolute Gasteiger partial charge is 0.118 e. The number of aryl methyl sites for hydroxylation is 2. The van der Waals surface area contributed by atoms with E-state index in [-0.39, 0.29) is 0 Å². The van der Waals surface area contributed by atoms with Crippen molar-refractivity contribution in [1.82, 2.24) is 9.78 Å². The Hall–Kier alpha value is -2.29. The van der Waals surface area contributed by atoms with E-state index in [9.17, 15) is 0 Å². The van der Waals surface area contributed by atoms with Gasteiger partial charge in [0.15, 0.2) is 0 Å². The highest BCUT2D eigenvalue weighted by Gasteiger charge is 1.99. The Kier molecular flexibility index (Phi) is 3.85. The molecule has 1 heterocycles. The Morgan fingerprint density at radius 3 is 2.47 bits per heavy atom. The Morgan fingerprint density at radius 1 is 1.26 bits per heavy atom. The highest BCUT2D eigenvalue weighted by molar-refractivity contribution is 5.74. The van der Waals surface area contributed by atoms with Crippen molar-refractivity contribution < 1.29 is 4.74 Å². The second kappa shape index (κ2) is 5.57. The predicted octanol–water partition coefficient (Wildman–Crippen LogP) is 3.69. The first-order valence-electron chi connectivity index (χ1n) is 6.14. The van der Waals surface area contributed by atoms with Crippen LogP contribution in [0.1, 0.15) is 17.0 Å². The lowest BCUT2D eigenvalue weighted by Crippen LogP contribution is -1.92. The van der Waals surface area contributed by atoms with Crippen molar-refractivity contribution >= 4 is 11.8 Å².